The molecule has 0 unspecified atom stereocenters. The van der Waals surface area contributed by atoms with E-state index in [1.807, 2.05) is 42.5 Å². The van der Waals surface area contributed by atoms with Crippen molar-refractivity contribution in [3.63, 3.8) is 0 Å². The molecular weight excluding hydrogens is 499 g/mol. The largest absolute Gasteiger partial charge is 0.465 e. The highest BCUT2D eigenvalue weighted by atomic mass is 35.5. The van der Waals surface area contributed by atoms with E-state index < -0.39 is 11.9 Å². The van der Waals surface area contributed by atoms with Gasteiger partial charge in [-0.05, 0) is 54.6 Å². The molecule has 0 bridgehead atoms. The van der Waals surface area contributed by atoms with Gasteiger partial charge >= 0.3 is 5.97 Å². The van der Waals surface area contributed by atoms with E-state index in [-0.39, 0.29) is 11.3 Å². The quantitative estimate of drug-likeness (QED) is 0.244. The zero-order chi connectivity index (χ0) is 25.2. The second-order valence-corrected chi connectivity index (χ2v) is 8.70. The summed E-state index contributed by atoms with van der Waals surface area (Å²) in [5.41, 5.74) is 2.60. The molecule has 0 aliphatic rings. The summed E-state index contributed by atoms with van der Waals surface area (Å²) in [4.78, 5) is 30.4. The van der Waals surface area contributed by atoms with Gasteiger partial charge < -0.3 is 14.5 Å². The number of hydrogen-bond donors (Lipinski definition) is 1. The third kappa shape index (κ3) is 4.56. The van der Waals surface area contributed by atoms with Crippen LogP contribution in [0.3, 0.4) is 0 Å². The SMILES string of the molecule is COC(=O)c1ccc(Cl)cc1NC(=O)c1cc(-c2ccc(-c3ccccc3Cl)o2)nc2ccccc12. The number of esters is 1. The minimum absolute atomic E-state index is 0.184. The minimum Gasteiger partial charge on any atom is -0.465 e. The lowest BCUT2D eigenvalue weighted by Gasteiger charge is -2.12. The minimum atomic E-state index is -0.593. The van der Waals surface area contributed by atoms with Crippen molar-refractivity contribution < 1.29 is 18.7 Å². The molecule has 2 heterocycles. The number of halogens is 2. The van der Waals surface area contributed by atoms with Crippen LogP contribution < -0.4 is 5.32 Å². The fourth-order valence-corrected chi connectivity index (χ4v) is 4.27. The fourth-order valence-electron chi connectivity index (χ4n) is 3.87. The summed E-state index contributed by atoms with van der Waals surface area (Å²) in [7, 11) is 1.27. The van der Waals surface area contributed by atoms with Gasteiger partial charge in [-0.15, -0.1) is 0 Å². The number of nitrogens with one attached hydrogen (secondary N) is 1. The molecule has 36 heavy (non-hydrogen) atoms. The Morgan fingerprint density at radius 2 is 1.61 bits per heavy atom. The lowest BCUT2D eigenvalue weighted by Crippen LogP contribution is -2.16. The predicted molar refractivity (Wildman–Crippen MR) is 141 cm³/mol. The van der Waals surface area contributed by atoms with Crippen molar-refractivity contribution in [1.29, 1.82) is 0 Å². The maximum absolute atomic E-state index is 13.5. The van der Waals surface area contributed by atoms with Crippen LogP contribution in [-0.4, -0.2) is 24.0 Å². The fraction of sp³-hybridized carbons (Fsp3) is 0.0357. The van der Waals surface area contributed by atoms with E-state index >= 15 is 0 Å². The van der Waals surface area contributed by atoms with Crippen LogP contribution in [0.4, 0.5) is 5.69 Å². The smallest absolute Gasteiger partial charge is 0.339 e. The Labute approximate surface area is 216 Å². The highest BCUT2D eigenvalue weighted by Crippen LogP contribution is 2.33. The van der Waals surface area contributed by atoms with Crippen molar-refractivity contribution in [2.75, 3.05) is 12.4 Å². The van der Waals surface area contributed by atoms with Crippen LogP contribution in [0.25, 0.3) is 33.7 Å². The first-order valence-electron chi connectivity index (χ1n) is 10.9. The van der Waals surface area contributed by atoms with E-state index in [0.29, 0.717) is 43.7 Å². The van der Waals surface area contributed by atoms with Crippen LogP contribution in [0.15, 0.2) is 89.3 Å². The number of carbonyl (C=O) groups excluding carboxylic acids is 2. The van der Waals surface area contributed by atoms with E-state index in [2.05, 4.69) is 5.32 Å². The van der Waals surface area contributed by atoms with Gasteiger partial charge in [0.05, 0.1) is 34.5 Å². The van der Waals surface area contributed by atoms with Gasteiger partial charge in [0.15, 0.2) is 5.76 Å². The number of benzene rings is 3. The van der Waals surface area contributed by atoms with E-state index in [1.165, 1.54) is 19.2 Å². The summed E-state index contributed by atoms with van der Waals surface area (Å²) in [5, 5.41) is 4.35. The molecule has 2 aromatic heterocycles. The molecule has 0 radical (unpaired) electrons. The van der Waals surface area contributed by atoms with Crippen molar-refractivity contribution in [2.24, 2.45) is 0 Å². The van der Waals surface area contributed by atoms with Crippen LogP contribution in [-0.2, 0) is 4.74 Å². The number of pyridine rings is 1. The van der Waals surface area contributed by atoms with Crippen LogP contribution >= 0.6 is 23.2 Å². The molecule has 8 heteroatoms. The van der Waals surface area contributed by atoms with Gasteiger partial charge in [0.25, 0.3) is 5.91 Å². The average Bonchev–Trinajstić information content (AvgIpc) is 3.38. The lowest BCUT2D eigenvalue weighted by molar-refractivity contribution is 0.0602. The molecule has 0 spiro atoms. The first-order chi connectivity index (χ1) is 17.4. The number of rotatable bonds is 5. The van der Waals surface area contributed by atoms with E-state index in [0.717, 1.165) is 5.56 Å². The number of para-hydroxylation sites is 1. The number of ether oxygens (including phenoxy) is 1. The molecule has 5 aromatic rings. The summed E-state index contributed by atoms with van der Waals surface area (Å²) in [5.74, 6) is 0.0195. The van der Waals surface area contributed by atoms with Crippen molar-refractivity contribution in [1.82, 2.24) is 4.98 Å². The monoisotopic (exact) mass is 516 g/mol. The Balaban J connectivity index is 1.57. The molecule has 0 atom stereocenters. The van der Waals surface area contributed by atoms with Gasteiger partial charge in [0.1, 0.15) is 11.5 Å². The number of hydrogen-bond acceptors (Lipinski definition) is 5. The Kier molecular flexibility index (Phi) is 6.46. The first kappa shape index (κ1) is 23.6. The Hall–Kier alpha value is -4.13. The highest BCUT2D eigenvalue weighted by molar-refractivity contribution is 6.33. The molecule has 0 fully saturated rings. The van der Waals surface area contributed by atoms with Crippen LogP contribution in [0.1, 0.15) is 20.7 Å². The van der Waals surface area contributed by atoms with Gasteiger partial charge in [-0.25, -0.2) is 9.78 Å². The normalized spacial score (nSPS) is 10.9. The van der Waals surface area contributed by atoms with E-state index in [1.54, 1.807) is 30.3 Å². The highest BCUT2D eigenvalue weighted by Gasteiger charge is 2.20. The Morgan fingerprint density at radius 1 is 0.861 bits per heavy atom. The molecule has 5 rings (SSSR count). The third-order valence-electron chi connectivity index (χ3n) is 5.59. The maximum atomic E-state index is 13.5. The number of fused-ring (bicyclic) bond motifs is 1. The zero-order valence-corrected chi connectivity index (χ0v) is 20.4. The van der Waals surface area contributed by atoms with Crippen LogP contribution in [0.5, 0.6) is 0 Å². The van der Waals surface area contributed by atoms with Crippen LogP contribution in [0, 0.1) is 0 Å². The second-order valence-electron chi connectivity index (χ2n) is 7.85. The third-order valence-corrected chi connectivity index (χ3v) is 6.16. The molecule has 1 N–H and O–H groups in total. The molecule has 3 aromatic carbocycles. The molecule has 6 nitrogen and oxygen atoms in total. The second kappa shape index (κ2) is 9.85. The molecule has 0 saturated heterocycles. The number of methoxy groups -OCH3 is 1. The number of furan rings is 1. The van der Waals surface area contributed by atoms with Gasteiger partial charge in [-0.1, -0.05) is 53.5 Å². The van der Waals surface area contributed by atoms with E-state index in [4.69, 9.17) is 37.3 Å². The van der Waals surface area contributed by atoms with Crippen molar-refractivity contribution in [3.05, 3.63) is 106 Å². The zero-order valence-electron chi connectivity index (χ0n) is 18.9. The standard InChI is InChI=1S/C28H18Cl2N2O4/c1-35-28(34)19-11-10-16(29)14-23(19)32-27(33)20-15-24(31-22-9-5-3-6-17(20)22)26-13-12-25(36-26)18-7-2-4-8-21(18)30/h2-15H,1H3,(H,32,33). The molecule has 0 saturated carbocycles. The van der Waals surface area contributed by atoms with Crippen LogP contribution in [0.2, 0.25) is 10.0 Å². The molecule has 178 valence electrons. The van der Waals surface area contributed by atoms with Gasteiger partial charge in [-0.3, -0.25) is 4.79 Å². The Bertz CT molecular complexity index is 1630. The van der Waals surface area contributed by atoms with Crippen molar-refractivity contribution in [3.8, 4) is 22.8 Å². The molecule has 0 aliphatic heterocycles. The van der Waals surface area contributed by atoms with Gasteiger partial charge in [0, 0.05) is 16.0 Å². The topological polar surface area (TPSA) is 81.4 Å². The number of nitrogens with zero attached hydrogens (tertiary/aromatic N) is 1. The number of amides is 1. The van der Waals surface area contributed by atoms with Gasteiger partial charge in [0.2, 0.25) is 0 Å². The summed E-state index contributed by atoms with van der Waals surface area (Å²) in [6, 6.07) is 24.4. The number of anilines is 1. The van der Waals surface area contributed by atoms with E-state index in [9.17, 15) is 9.59 Å². The summed E-state index contributed by atoms with van der Waals surface area (Å²) < 4.78 is 10.9. The summed E-state index contributed by atoms with van der Waals surface area (Å²) >= 11 is 12.4. The number of carbonyl (C=O) groups is 2. The Morgan fingerprint density at radius 3 is 2.42 bits per heavy atom. The average molecular weight is 517 g/mol. The lowest BCUT2D eigenvalue weighted by atomic mass is 10.1. The first-order valence-corrected chi connectivity index (χ1v) is 11.6. The summed E-state index contributed by atoms with van der Waals surface area (Å²) in [6.07, 6.45) is 0. The molecular formula is C28H18Cl2N2O4. The van der Waals surface area contributed by atoms with Gasteiger partial charge in [-0.2, -0.15) is 0 Å². The maximum Gasteiger partial charge on any atom is 0.339 e. The molecule has 1 amide bonds. The predicted octanol–water partition coefficient (Wildman–Crippen LogP) is 7.51. The summed E-state index contributed by atoms with van der Waals surface area (Å²) in [6.45, 7) is 0. The molecule has 0 aliphatic carbocycles. The number of aromatic nitrogens is 1. The van der Waals surface area contributed by atoms with Crippen molar-refractivity contribution >= 4 is 51.7 Å². The van der Waals surface area contributed by atoms with Crippen molar-refractivity contribution in [2.45, 2.75) is 0 Å².